The zero-order chi connectivity index (χ0) is 29.1. The van der Waals surface area contributed by atoms with Crippen LogP contribution in [0.4, 0.5) is 0 Å². The summed E-state index contributed by atoms with van der Waals surface area (Å²) in [5.41, 5.74) is 0. The maximum Gasteiger partial charge on any atom is 0.577 e. The van der Waals surface area contributed by atoms with Gasteiger partial charge in [0.2, 0.25) is 0 Å². The van der Waals surface area contributed by atoms with Gasteiger partial charge in [-0.3, -0.25) is 0 Å². The molecule has 8 nitrogen and oxygen atoms in total. The molecule has 5 atom stereocenters. The van der Waals surface area contributed by atoms with Crippen molar-refractivity contribution in [3.8, 4) is 0 Å². The maximum atomic E-state index is 12.8. The van der Waals surface area contributed by atoms with Gasteiger partial charge in [0.05, 0.1) is 22.6 Å². The lowest BCUT2D eigenvalue weighted by Crippen LogP contribution is -2.37. The molecular weight excluding hydrogens is 536 g/mol. The third kappa shape index (κ3) is 17.5. The summed E-state index contributed by atoms with van der Waals surface area (Å²) in [5, 5.41) is 0. The molecule has 0 bridgehead atoms. The molecule has 2 radical (unpaired) electrons. The highest BCUT2D eigenvalue weighted by molar-refractivity contribution is 7.92. The summed E-state index contributed by atoms with van der Waals surface area (Å²) in [6.45, 7) is 9.98. The highest BCUT2D eigenvalue weighted by Gasteiger charge is 2.49. The van der Waals surface area contributed by atoms with Crippen molar-refractivity contribution >= 4 is 26.0 Å². The van der Waals surface area contributed by atoms with Crippen molar-refractivity contribution in [3.05, 3.63) is 0 Å². The number of hydrogen-bond donors (Lipinski definition) is 0. The summed E-state index contributed by atoms with van der Waals surface area (Å²) in [5.74, 6) is -0.0110. The van der Waals surface area contributed by atoms with Gasteiger partial charge in [-0.25, -0.2) is 8.42 Å². The normalized spacial score (nSPS) is 22.4. The van der Waals surface area contributed by atoms with Crippen molar-refractivity contribution in [2.45, 2.75) is 161 Å². The van der Waals surface area contributed by atoms with E-state index in [9.17, 15) is 8.42 Å². The van der Waals surface area contributed by atoms with E-state index in [2.05, 4.69) is 11.1 Å². The highest BCUT2D eigenvalue weighted by Crippen LogP contribution is 2.39. The molecule has 0 aliphatic carbocycles. The number of sulfonamides is 1. The second kappa shape index (κ2) is 21.6. The van der Waals surface area contributed by atoms with Crippen molar-refractivity contribution in [1.29, 1.82) is 0 Å². The van der Waals surface area contributed by atoms with Crippen LogP contribution in [0.1, 0.15) is 125 Å². The molecular formula is C28H56BNO7PS+. The largest absolute Gasteiger partial charge is 0.577 e. The van der Waals surface area contributed by atoms with Gasteiger partial charge in [-0.1, -0.05) is 90.4 Å². The van der Waals surface area contributed by atoms with Crippen LogP contribution in [0.5, 0.6) is 0 Å². The average molecular weight is 593 g/mol. The van der Waals surface area contributed by atoms with Crippen molar-refractivity contribution in [3.63, 3.8) is 0 Å². The Morgan fingerprint density at radius 3 is 1.79 bits per heavy atom. The first-order valence-electron chi connectivity index (χ1n) is 15.2. The second-order valence-electron chi connectivity index (χ2n) is 11.1. The summed E-state index contributed by atoms with van der Waals surface area (Å²) >= 11 is 0. The average Bonchev–Trinajstić information content (AvgIpc) is 3.15. The Hall–Kier alpha value is -0.0851. The molecule has 2 unspecified atom stereocenters. The minimum atomic E-state index is -3.71. The first kappa shape index (κ1) is 36.9. The molecule has 1 fully saturated rings. The van der Waals surface area contributed by atoms with Crippen LogP contribution in [0, 0.1) is 0 Å². The molecule has 1 heterocycles. The lowest BCUT2D eigenvalue weighted by molar-refractivity contribution is -0.0435. The minimum Gasteiger partial charge on any atom is -0.377 e. The molecule has 228 valence electrons. The standard InChI is InChI=1S/C28H56BNO7PS/c1-7-8-9-10-11-12-13-14-15-16-17-18-19-20-21-39(31,32)30-38(36-24(4)5)37-26-25(22-34-23(2)3)35-28(29)27(26)33-6/h23-28H,7-22H2,1-6H3/q+1/t25-,26?,27+,28-/m1/s1. The number of hydrogen-bond acceptors (Lipinski definition) is 7. The van der Waals surface area contributed by atoms with Crippen LogP contribution < -0.4 is 0 Å². The zero-order valence-electron chi connectivity index (χ0n) is 25.5. The van der Waals surface area contributed by atoms with E-state index in [1.807, 2.05) is 27.7 Å². The lowest BCUT2D eigenvalue weighted by Gasteiger charge is -2.19. The van der Waals surface area contributed by atoms with Gasteiger partial charge in [0.25, 0.3) is 10.0 Å². The topological polar surface area (TPSA) is 92.7 Å². The number of ether oxygens (including phenoxy) is 3. The van der Waals surface area contributed by atoms with E-state index in [0.717, 1.165) is 19.3 Å². The molecule has 0 N–H and O–H groups in total. The quantitative estimate of drug-likeness (QED) is 0.0654. The first-order chi connectivity index (χ1) is 18.6. The highest BCUT2D eigenvalue weighted by atomic mass is 32.2. The molecule has 0 aromatic carbocycles. The minimum absolute atomic E-state index is 0.00401. The summed E-state index contributed by atoms with van der Waals surface area (Å²) in [6.07, 6.45) is 14.9. The molecule has 1 rings (SSSR count). The Kier molecular flexibility index (Phi) is 20.5. The van der Waals surface area contributed by atoms with Crippen LogP contribution in [0.2, 0.25) is 0 Å². The van der Waals surface area contributed by atoms with Gasteiger partial charge >= 0.3 is 8.17 Å². The van der Waals surface area contributed by atoms with Gasteiger partial charge in [0.15, 0.2) is 6.10 Å². The number of methoxy groups -OCH3 is 1. The zero-order valence-corrected chi connectivity index (χ0v) is 27.2. The summed E-state index contributed by atoms with van der Waals surface area (Å²) in [6, 6.07) is -0.719. The summed E-state index contributed by atoms with van der Waals surface area (Å²) < 4.78 is 58.5. The molecule has 0 spiro atoms. The van der Waals surface area contributed by atoms with Crippen molar-refractivity contribution in [1.82, 2.24) is 0 Å². The van der Waals surface area contributed by atoms with Crippen LogP contribution in [-0.4, -0.2) is 72.3 Å². The van der Waals surface area contributed by atoms with Crippen molar-refractivity contribution in [2.75, 3.05) is 19.5 Å². The molecule has 0 aromatic rings. The predicted molar refractivity (Wildman–Crippen MR) is 161 cm³/mol. The Balaban J connectivity index is 2.46. The molecule has 1 saturated heterocycles. The molecule has 1 aliphatic rings. The number of unbranched alkanes of at least 4 members (excludes halogenated alkanes) is 13. The summed E-state index contributed by atoms with van der Waals surface area (Å²) in [7, 11) is 1.82. The molecule has 1 aliphatic heterocycles. The van der Waals surface area contributed by atoms with E-state index in [0.29, 0.717) is 6.42 Å². The predicted octanol–water partition coefficient (Wildman–Crippen LogP) is 7.44. The van der Waals surface area contributed by atoms with Crippen LogP contribution in [0.15, 0.2) is 4.15 Å². The molecule has 0 aromatic heterocycles. The molecule has 0 saturated carbocycles. The Morgan fingerprint density at radius 2 is 1.33 bits per heavy atom. The van der Waals surface area contributed by atoms with E-state index in [-0.39, 0.29) is 24.6 Å². The monoisotopic (exact) mass is 592 g/mol. The Labute approximate surface area is 242 Å². The Bertz CT molecular complexity index is 754. The smallest absolute Gasteiger partial charge is 0.377 e. The van der Waals surface area contributed by atoms with Crippen LogP contribution in [0.25, 0.3) is 0 Å². The van der Waals surface area contributed by atoms with E-state index in [1.165, 1.54) is 71.3 Å². The fourth-order valence-electron chi connectivity index (χ4n) is 4.54. The first-order valence-corrected chi connectivity index (χ1v) is 18.0. The van der Waals surface area contributed by atoms with Crippen molar-refractivity contribution < 1.29 is 31.7 Å². The fourth-order valence-corrected chi connectivity index (χ4v) is 7.43. The SMILES string of the molecule is [B][C@@H]1O[C@H](COC(C)C)C(O[P+](=NS(=O)(=O)CCCCCCCCCCCCCCCC)OC(C)C)[C@@H]1OC. The van der Waals surface area contributed by atoms with Gasteiger partial charge in [-0.2, -0.15) is 0 Å². The molecule has 39 heavy (non-hydrogen) atoms. The van der Waals surface area contributed by atoms with E-state index in [4.69, 9.17) is 31.1 Å². The third-order valence-electron chi connectivity index (χ3n) is 6.67. The van der Waals surface area contributed by atoms with Gasteiger partial charge < -0.3 is 14.2 Å². The van der Waals surface area contributed by atoms with E-state index in [1.54, 1.807) is 0 Å². The van der Waals surface area contributed by atoms with Gasteiger partial charge in [0, 0.05) is 13.1 Å². The number of nitrogens with zero attached hydrogens (tertiary/aromatic N) is 1. The summed E-state index contributed by atoms with van der Waals surface area (Å²) in [4.78, 5) is 0. The van der Waals surface area contributed by atoms with Gasteiger partial charge in [-0.05, 0) is 34.1 Å². The third-order valence-corrected chi connectivity index (χ3v) is 10.0. The Morgan fingerprint density at radius 1 is 0.821 bits per heavy atom. The lowest BCUT2D eigenvalue weighted by atomic mass is 9.93. The molecule has 11 heteroatoms. The van der Waals surface area contributed by atoms with Crippen molar-refractivity contribution in [2.24, 2.45) is 4.15 Å². The fraction of sp³-hybridized carbons (Fsp3) is 1.00. The van der Waals surface area contributed by atoms with E-state index < -0.39 is 42.5 Å². The van der Waals surface area contributed by atoms with Gasteiger partial charge in [-0.15, -0.1) is 9.05 Å². The van der Waals surface area contributed by atoms with Gasteiger partial charge in [0.1, 0.15) is 26.2 Å². The van der Waals surface area contributed by atoms with Crippen LogP contribution >= 0.6 is 8.17 Å². The second-order valence-corrected chi connectivity index (χ2v) is 14.3. The number of rotatable bonds is 24. The van der Waals surface area contributed by atoms with E-state index >= 15 is 0 Å². The molecule has 0 amide bonds. The van der Waals surface area contributed by atoms with Crippen LogP contribution in [-0.2, 0) is 33.3 Å². The maximum absolute atomic E-state index is 12.8. The van der Waals surface area contributed by atoms with Crippen LogP contribution in [0.3, 0.4) is 0 Å².